The molecule has 0 radical (unpaired) electrons. The molecule has 0 saturated carbocycles. The Morgan fingerprint density at radius 1 is 1.40 bits per heavy atom. The fraction of sp³-hybridized carbons (Fsp3) is 0.421. The minimum atomic E-state index is -0.317. The largest absolute Gasteiger partial charge is 0.466 e. The van der Waals surface area contributed by atoms with Gasteiger partial charge < -0.3 is 14.1 Å². The number of fused-ring (bicyclic) bond motifs is 1. The number of hydrogen-bond acceptors (Lipinski definition) is 8. The summed E-state index contributed by atoms with van der Waals surface area (Å²) in [5, 5.41) is 3.05. The third-order valence-corrected chi connectivity index (χ3v) is 5.71. The summed E-state index contributed by atoms with van der Waals surface area (Å²) < 4.78 is 11.9. The Bertz CT molecular complexity index is 1110. The minimum Gasteiger partial charge on any atom is -0.466 e. The number of likely N-dealkylation sites (tertiary alicyclic amines) is 1. The van der Waals surface area contributed by atoms with Crippen molar-refractivity contribution in [1.82, 2.24) is 24.5 Å². The van der Waals surface area contributed by atoms with Crippen LogP contribution >= 0.6 is 11.8 Å². The summed E-state index contributed by atoms with van der Waals surface area (Å²) in [6.45, 7) is 3.06. The molecule has 1 fully saturated rings. The molecule has 1 amide bonds. The zero-order valence-electron chi connectivity index (χ0n) is 16.4. The van der Waals surface area contributed by atoms with Crippen LogP contribution in [0.3, 0.4) is 0 Å². The van der Waals surface area contributed by atoms with Gasteiger partial charge in [0.1, 0.15) is 0 Å². The van der Waals surface area contributed by atoms with E-state index in [4.69, 9.17) is 9.15 Å². The van der Waals surface area contributed by atoms with Gasteiger partial charge in [-0.05, 0) is 31.9 Å². The van der Waals surface area contributed by atoms with Crippen molar-refractivity contribution in [2.24, 2.45) is 5.92 Å². The Kier molecular flexibility index (Phi) is 5.88. The van der Waals surface area contributed by atoms with Gasteiger partial charge >= 0.3 is 5.97 Å². The number of carbonyl (C=O) groups excluding carboxylic acids is 2. The average Bonchev–Trinajstić information content (AvgIpc) is 3.41. The second kappa shape index (κ2) is 8.74. The number of carbonyl (C=O) groups is 2. The van der Waals surface area contributed by atoms with Crippen LogP contribution in [-0.2, 0) is 14.3 Å². The molecule has 1 atom stereocenters. The summed E-state index contributed by atoms with van der Waals surface area (Å²) in [5.74, 6) is 0.258. The first-order chi connectivity index (χ1) is 14.5. The zero-order valence-corrected chi connectivity index (χ0v) is 17.2. The highest BCUT2D eigenvalue weighted by molar-refractivity contribution is 7.99. The first-order valence-corrected chi connectivity index (χ1v) is 10.6. The molecule has 11 heteroatoms. The number of nitrogens with zero attached hydrogens (tertiary/aromatic N) is 4. The number of ether oxygens (including phenoxy) is 1. The lowest BCUT2D eigenvalue weighted by Gasteiger charge is -2.31. The highest BCUT2D eigenvalue weighted by Gasteiger charge is 2.29. The number of amides is 1. The lowest BCUT2D eigenvalue weighted by atomic mass is 9.98. The summed E-state index contributed by atoms with van der Waals surface area (Å²) in [7, 11) is 0. The van der Waals surface area contributed by atoms with Gasteiger partial charge in [-0.2, -0.15) is 4.98 Å². The van der Waals surface area contributed by atoms with E-state index in [9.17, 15) is 14.4 Å². The molecule has 3 aromatic rings. The Morgan fingerprint density at radius 2 is 2.27 bits per heavy atom. The topological polar surface area (TPSA) is 123 Å². The first-order valence-electron chi connectivity index (χ1n) is 9.66. The Morgan fingerprint density at radius 3 is 3.03 bits per heavy atom. The average molecular weight is 431 g/mol. The molecular weight excluding hydrogens is 410 g/mol. The Hall–Kier alpha value is -3.08. The molecule has 30 heavy (non-hydrogen) atoms. The van der Waals surface area contributed by atoms with Gasteiger partial charge in [0.05, 0.1) is 24.5 Å². The summed E-state index contributed by atoms with van der Waals surface area (Å²) in [6, 6.07) is 4.80. The maximum Gasteiger partial charge on any atom is 0.310 e. The van der Waals surface area contributed by atoms with E-state index >= 15 is 0 Å². The highest BCUT2D eigenvalue weighted by Crippen LogP contribution is 2.23. The van der Waals surface area contributed by atoms with Gasteiger partial charge in [0.25, 0.3) is 5.56 Å². The number of piperidine rings is 1. The molecule has 1 N–H and O–H groups in total. The second-order valence-electron chi connectivity index (χ2n) is 6.84. The summed E-state index contributed by atoms with van der Waals surface area (Å²) in [6.07, 6.45) is 2.99. The van der Waals surface area contributed by atoms with E-state index in [2.05, 4.69) is 15.1 Å². The fourth-order valence-corrected chi connectivity index (χ4v) is 4.22. The Labute approximate surface area is 175 Å². The van der Waals surface area contributed by atoms with Crippen LogP contribution in [-0.4, -0.2) is 61.8 Å². The summed E-state index contributed by atoms with van der Waals surface area (Å²) >= 11 is 1.19. The molecule has 0 spiro atoms. The van der Waals surface area contributed by atoms with Crippen molar-refractivity contribution in [2.45, 2.75) is 24.9 Å². The van der Waals surface area contributed by atoms with Crippen molar-refractivity contribution in [2.75, 3.05) is 25.4 Å². The molecule has 1 saturated heterocycles. The number of rotatable bonds is 6. The number of H-pyrrole nitrogens is 1. The van der Waals surface area contributed by atoms with E-state index in [1.54, 1.807) is 24.0 Å². The number of furan rings is 1. The molecule has 1 aliphatic heterocycles. The standard InChI is InChI=1S/C19H21N5O5S/c1-2-28-18(27)12-5-3-7-23(10-12)16(26)11-30-19-21-17(13-6-4-8-29-13)20-14-9-15(25)22-24(14)19/h4,6,8-9,12H,2-3,5,7,10-11H2,1H3,(H,22,25). The number of esters is 1. The summed E-state index contributed by atoms with van der Waals surface area (Å²) in [4.78, 5) is 47.0. The Balaban J connectivity index is 1.49. The molecule has 10 nitrogen and oxygen atoms in total. The normalized spacial score (nSPS) is 16.7. The lowest BCUT2D eigenvalue weighted by Crippen LogP contribution is -2.43. The molecule has 3 aromatic heterocycles. The van der Waals surface area contributed by atoms with Crippen LogP contribution in [0.4, 0.5) is 0 Å². The molecule has 4 rings (SSSR count). The van der Waals surface area contributed by atoms with Crippen molar-refractivity contribution >= 4 is 29.3 Å². The predicted octanol–water partition coefficient (Wildman–Crippen LogP) is 1.57. The molecule has 1 unspecified atom stereocenters. The third kappa shape index (κ3) is 4.25. The van der Waals surface area contributed by atoms with Crippen LogP contribution in [0.25, 0.3) is 17.2 Å². The van der Waals surface area contributed by atoms with Crippen molar-refractivity contribution in [1.29, 1.82) is 0 Å². The van der Waals surface area contributed by atoms with Crippen molar-refractivity contribution < 1.29 is 18.7 Å². The van der Waals surface area contributed by atoms with Crippen LogP contribution < -0.4 is 5.56 Å². The molecule has 4 heterocycles. The number of thioether (sulfide) groups is 1. The number of aromatic nitrogens is 4. The highest BCUT2D eigenvalue weighted by atomic mass is 32.2. The van der Waals surface area contributed by atoms with Gasteiger partial charge in [0.15, 0.2) is 22.4 Å². The van der Waals surface area contributed by atoms with E-state index in [0.29, 0.717) is 42.1 Å². The SMILES string of the molecule is CCOC(=O)C1CCCN(C(=O)CSc2nc(-c3ccco3)nc3cc(=O)[nH]n23)C1. The van der Waals surface area contributed by atoms with Gasteiger partial charge in [-0.3, -0.25) is 19.5 Å². The maximum absolute atomic E-state index is 12.8. The molecular formula is C19H21N5O5S. The van der Waals surface area contributed by atoms with Crippen LogP contribution in [0.5, 0.6) is 0 Å². The van der Waals surface area contributed by atoms with Crippen molar-refractivity contribution in [3.63, 3.8) is 0 Å². The monoisotopic (exact) mass is 431 g/mol. The van der Waals surface area contributed by atoms with Gasteiger partial charge in [0.2, 0.25) is 5.91 Å². The first kappa shape index (κ1) is 20.2. The van der Waals surface area contributed by atoms with Crippen molar-refractivity contribution in [3.05, 3.63) is 34.8 Å². The fourth-order valence-electron chi connectivity index (χ4n) is 3.37. The number of hydrogen-bond donors (Lipinski definition) is 1. The zero-order chi connectivity index (χ0) is 21.1. The van der Waals surface area contributed by atoms with E-state index in [1.165, 1.54) is 28.6 Å². The smallest absolute Gasteiger partial charge is 0.310 e. The number of aromatic amines is 1. The van der Waals surface area contributed by atoms with E-state index in [0.717, 1.165) is 12.8 Å². The van der Waals surface area contributed by atoms with Crippen LogP contribution in [0.15, 0.2) is 38.8 Å². The van der Waals surface area contributed by atoms with E-state index in [1.807, 2.05) is 0 Å². The van der Waals surface area contributed by atoms with Crippen LogP contribution in [0, 0.1) is 5.92 Å². The van der Waals surface area contributed by atoms with Gasteiger partial charge in [-0.25, -0.2) is 9.50 Å². The van der Waals surface area contributed by atoms with E-state index < -0.39 is 0 Å². The van der Waals surface area contributed by atoms with Gasteiger partial charge in [0, 0.05) is 19.2 Å². The number of nitrogens with one attached hydrogen (secondary N) is 1. The van der Waals surface area contributed by atoms with Crippen LogP contribution in [0.2, 0.25) is 0 Å². The molecule has 158 valence electrons. The summed E-state index contributed by atoms with van der Waals surface area (Å²) in [5.41, 5.74) is 0.0686. The lowest BCUT2D eigenvalue weighted by molar-refractivity contribution is -0.151. The second-order valence-corrected chi connectivity index (χ2v) is 7.78. The molecule has 0 bridgehead atoms. The quantitative estimate of drug-likeness (QED) is 0.461. The predicted molar refractivity (Wildman–Crippen MR) is 108 cm³/mol. The van der Waals surface area contributed by atoms with Gasteiger partial charge in [-0.1, -0.05) is 11.8 Å². The maximum atomic E-state index is 12.8. The third-order valence-electron chi connectivity index (χ3n) is 4.78. The van der Waals surface area contributed by atoms with Crippen molar-refractivity contribution in [3.8, 4) is 11.6 Å². The van der Waals surface area contributed by atoms with E-state index in [-0.39, 0.29) is 29.1 Å². The molecule has 1 aliphatic rings. The molecule has 0 aliphatic carbocycles. The molecule has 0 aromatic carbocycles. The van der Waals surface area contributed by atoms with Gasteiger partial charge in [-0.15, -0.1) is 0 Å². The van der Waals surface area contributed by atoms with Crippen LogP contribution in [0.1, 0.15) is 19.8 Å². The minimum absolute atomic E-state index is 0.102.